The lowest BCUT2D eigenvalue weighted by atomic mass is 9.49. The van der Waals surface area contributed by atoms with Crippen LogP contribution in [0, 0.1) is 129 Å². The van der Waals surface area contributed by atoms with Gasteiger partial charge in [0.05, 0.1) is 83.9 Å². The minimum absolute atomic E-state index is 0. The summed E-state index contributed by atoms with van der Waals surface area (Å²) in [5.41, 5.74) is -1.09. The summed E-state index contributed by atoms with van der Waals surface area (Å²) >= 11 is 0. The van der Waals surface area contributed by atoms with Crippen LogP contribution in [0.3, 0.4) is 0 Å². The summed E-state index contributed by atoms with van der Waals surface area (Å²) in [6, 6.07) is 0. The van der Waals surface area contributed by atoms with E-state index in [1.54, 1.807) is 34.6 Å². The highest BCUT2D eigenvalue weighted by Crippen LogP contribution is 2.63. The van der Waals surface area contributed by atoms with Gasteiger partial charge in [-0.2, -0.15) is 0 Å². The molecular formula is C101H200O22. The second kappa shape index (κ2) is 59.6. The number of carbonyl (C=O) groups excluding carboxylic acids is 11. The Bertz CT molecular complexity index is 2910. The number of methoxy groups -OCH3 is 1. The molecule has 0 spiro atoms. The first kappa shape index (κ1) is 138. The highest BCUT2D eigenvalue weighted by atomic mass is 16.6. The highest BCUT2D eigenvalue weighted by Gasteiger charge is 2.70. The van der Waals surface area contributed by atoms with E-state index in [2.05, 4.69) is 64.9 Å². The van der Waals surface area contributed by atoms with Gasteiger partial charge in [0.25, 0.3) is 0 Å². The van der Waals surface area contributed by atoms with Gasteiger partial charge in [0, 0.05) is 25.0 Å². The van der Waals surface area contributed by atoms with Crippen LogP contribution in [0.1, 0.15) is 392 Å². The van der Waals surface area contributed by atoms with E-state index in [0.29, 0.717) is 55.1 Å². The first-order chi connectivity index (χ1) is 50.2. The van der Waals surface area contributed by atoms with Crippen molar-refractivity contribution in [2.75, 3.05) is 26.9 Å². The van der Waals surface area contributed by atoms with Crippen LogP contribution in [0.25, 0.3) is 0 Å². The number of hydrogen-bond donors (Lipinski definition) is 0. The minimum atomic E-state index is -0.541. The molecule has 0 N–H and O–H groups in total. The molecule has 17 unspecified atom stereocenters. The fraction of sp³-hybridized carbons (Fsp3) is 0.891. The first-order valence-electron chi connectivity index (χ1n) is 41.3. The van der Waals surface area contributed by atoms with E-state index >= 15 is 0 Å². The predicted molar refractivity (Wildman–Crippen MR) is 505 cm³/mol. The van der Waals surface area contributed by atoms with Gasteiger partial charge in [-0.1, -0.05) is 209 Å². The average Bonchev–Trinajstić information content (AvgIpc) is 1.51. The maximum Gasteiger partial charge on any atom is 0.317 e. The molecule has 10 aliphatic carbocycles. The Hall–Kier alpha value is -5.51. The molecule has 6 aliphatic heterocycles. The maximum absolute atomic E-state index is 12.5. The van der Waals surface area contributed by atoms with Crippen LogP contribution in [-0.2, 0) is 105 Å². The average molecular weight is 1770 g/mol. The Balaban J connectivity index is -0.000000149. The van der Waals surface area contributed by atoms with Gasteiger partial charge in [-0.3, -0.25) is 52.7 Å². The largest absolute Gasteiger partial charge is 0.469 e. The van der Waals surface area contributed by atoms with Crippen molar-refractivity contribution in [3.05, 3.63) is 0 Å². The molecule has 16 rings (SSSR count). The van der Waals surface area contributed by atoms with Gasteiger partial charge in [0.2, 0.25) is 0 Å². The summed E-state index contributed by atoms with van der Waals surface area (Å²) < 4.78 is 57.3. The van der Waals surface area contributed by atoms with E-state index < -0.39 is 53.2 Å². The number of rotatable bonds is 14. The highest BCUT2D eigenvalue weighted by molar-refractivity contribution is 5.96. The summed E-state index contributed by atoms with van der Waals surface area (Å²) in [6.45, 7) is 41.7. The molecule has 17 atom stereocenters. The van der Waals surface area contributed by atoms with Crippen LogP contribution < -0.4 is 0 Å². The van der Waals surface area contributed by atoms with Crippen molar-refractivity contribution >= 4 is 65.7 Å². The number of carbonyl (C=O) groups is 11. The van der Waals surface area contributed by atoms with E-state index in [-0.39, 0.29) is 244 Å². The van der Waals surface area contributed by atoms with Gasteiger partial charge in [-0.15, -0.1) is 0 Å². The van der Waals surface area contributed by atoms with Crippen molar-refractivity contribution < 1.29 is 105 Å². The second-order valence-electron chi connectivity index (χ2n) is 35.9. The summed E-state index contributed by atoms with van der Waals surface area (Å²) in [4.78, 5) is 125. The maximum atomic E-state index is 12.5. The molecule has 22 nitrogen and oxygen atoms in total. The van der Waals surface area contributed by atoms with Crippen LogP contribution in [-0.4, -0.2) is 134 Å². The lowest BCUT2D eigenvalue weighted by Crippen LogP contribution is -2.59. The third kappa shape index (κ3) is 33.2. The second-order valence-corrected chi connectivity index (χ2v) is 35.9. The topological polar surface area (TPSA) is 289 Å². The van der Waals surface area contributed by atoms with Gasteiger partial charge in [0.15, 0.2) is 0 Å². The Morgan fingerprint density at radius 2 is 0.829 bits per heavy atom. The molecule has 10 saturated carbocycles. The van der Waals surface area contributed by atoms with Crippen LogP contribution in [0.4, 0.5) is 0 Å². The smallest absolute Gasteiger partial charge is 0.317 e. The number of esters is 11. The standard InChI is InChI=1S/2C17H28O2.C15H20O6.C10H16O4.2C7H14O.2C6H8O3.16CH4/c1-5-16(2,3)15(18)19-17(4)13-7-11-6-12(9-13)10-14(17)8-11;1-4-11(3)16(18)19-17(5-2)14-7-12-6-13(9-14)10-15(17)8-12;1-4-6(2)13(16)20-11-7-5-8-10(9(7)14(17)19-3)15(18)21-12(8)11;1-4-10(2,3)9(12)14-7-5-8(11)13-6-7;2*1-6-4-3-5-8-7(6)2;2*1-3-4(2)6(8)9-5(3)7;;;;;;;;;;;;;;;;/h11-14H,5-10H2,1-4H3;11-15H,4-10H2,1-3H3;6-12H,4-5H2,1-3H3;7H,4-6H2,1-3H3;2*6-7H,3-5H2,1-2H3;2*3-4H,1-2H3;16*1H4. The lowest BCUT2D eigenvalue weighted by molar-refractivity contribution is -0.214. The van der Waals surface area contributed by atoms with E-state index in [4.69, 9.17) is 42.6 Å². The van der Waals surface area contributed by atoms with E-state index in [1.165, 1.54) is 97.0 Å². The van der Waals surface area contributed by atoms with Crippen LogP contribution in [0.5, 0.6) is 0 Å². The van der Waals surface area contributed by atoms with Crippen LogP contribution in [0.15, 0.2) is 0 Å². The van der Waals surface area contributed by atoms with Crippen molar-refractivity contribution in [2.24, 2.45) is 129 Å². The number of ether oxygens (including phenoxy) is 11. The fourth-order valence-corrected chi connectivity index (χ4v) is 18.6. The van der Waals surface area contributed by atoms with Gasteiger partial charge in [-0.05, 0) is 236 Å². The normalized spacial score (nSPS) is 33.6. The monoisotopic (exact) mass is 1770 g/mol. The molecule has 0 aromatic carbocycles. The molecule has 0 radical (unpaired) electrons. The fourth-order valence-electron chi connectivity index (χ4n) is 18.6. The Kier molecular flexibility index (Phi) is 66.8. The molecule has 6 heterocycles. The molecular weight excluding hydrogens is 1570 g/mol. The molecule has 736 valence electrons. The lowest BCUT2D eigenvalue weighted by Gasteiger charge is -2.60. The van der Waals surface area contributed by atoms with Gasteiger partial charge in [0.1, 0.15) is 36.1 Å². The van der Waals surface area contributed by atoms with Crippen molar-refractivity contribution in [1.29, 1.82) is 0 Å². The molecule has 123 heavy (non-hydrogen) atoms. The molecule has 0 aromatic rings. The quantitative estimate of drug-likeness (QED) is 0.0887. The van der Waals surface area contributed by atoms with Crippen LogP contribution >= 0.6 is 0 Å². The molecule has 6 saturated heterocycles. The van der Waals surface area contributed by atoms with E-state index in [9.17, 15) is 52.7 Å². The van der Waals surface area contributed by atoms with Gasteiger partial charge < -0.3 is 52.1 Å². The van der Waals surface area contributed by atoms with Crippen molar-refractivity contribution in [3.63, 3.8) is 0 Å². The van der Waals surface area contributed by atoms with Crippen molar-refractivity contribution in [2.45, 2.75) is 434 Å². The predicted octanol–water partition coefficient (Wildman–Crippen LogP) is 25.1. The zero-order valence-electron chi connectivity index (χ0n) is 68.9. The van der Waals surface area contributed by atoms with Gasteiger partial charge >= 0.3 is 65.7 Å². The van der Waals surface area contributed by atoms with Gasteiger partial charge in [-0.25, -0.2) is 0 Å². The summed E-state index contributed by atoms with van der Waals surface area (Å²) in [5.74, 6) is 2.40. The number of cyclic esters (lactones) is 5. The Labute approximate surface area is 756 Å². The van der Waals surface area contributed by atoms with Crippen molar-refractivity contribution in [1.82, 2.24) is 0 Å². The first-order valence-corrected chi connectivity index (χ1v) is 41.3. The zero-order chi connectivity index (χ0) is 79.5. The zero-order valence-corrected chi connectivity index (χ0v) is 68.9. The summed E-state index contributed by atoms with van der Waals surface area (Å²) in [5, 5.41) is 0. The van der Waals surface area contributed by atoms with E-state index in [0.717, 1.165) is 68.0 Å². The molecule has 22 heteroatoms. The van der Waals surface area contributed by atoms with E-state index in [1.807, 2.05) is 48.5 Å². The summed E-state index contributed by atoms with van der Waals surface area (Å²) in [7, 11) is 1.31. The molecule has 16 fully saturated rings. The molecule has 0 amide bonds. The minimum Gasteiger partial charge on any atom is -0.469 e. The molecule has 16 aliphatic rings. The Morgan fingerprint density at radius 1 is 0.463 bits per heavy atom. The summed E-state index contributed by atoms with van der Waals surface area (Å²) in [6.07, 6.45) is 23.3. The van der Waals surface area contributed by atoms with Crippen LogP contribution in [0.2, 0.25) is 0 Å². The Morgan fingerprint density at radius 3 is 1.13 bits per heavy atom. The third-order valence-corrected chi connectivity index (χ3v) is 28.1. The number of hydrogen-bond acceptors (Lipinski definition) is 22. The van der Waals surface area contributed by atoms with Crippen molar-refractivity contribution in [3.8, 4) is 0 Å². The SMILES string of the molecule is C.C.C.C.C.C.C.C.C.C.C.C.C.C.C.C.CC1C(=O)OC(=O)C1C.CC1C(=O)OC(=O)C1C.CC1CCCOC1C.CC1CCCOC1C.CCC(C)(C)C(=O)OC1(C)C2CC3CC(C2)CC1C3.CCC(C)(C)C(=O)OC1COC(=O)C1.CCC(C)C(=O)OC1(CC)C2CC3CC(C2)CC1C3.CCC(C)C(=O)OC1C2CC3C1OC(=O)C3C2C(=O)OC. The number of fused-ring (bicyclic) bond motifs is 1. The third-order valence-electron chi connectivity index (χ3n) is 28.1. The molecule has 0 aromatic heterocycles. The molecule has 10 bridgehead atoms.